The zero-order valence-corrected chi connectivity index (χ0v) is 11.1. The number of nitrogens with zero attached hydrogens (tertiary/aromatic N) is 2. The molecule has 0 spiro atoms. The Labute approximate surface area is 114 Å². The van der Waals surface area contributed by atoms with Crippen LogP contribution in [0.4, 0.5) is 0 Å². The average molecular weight is 282 g/mol. The first kappa shape index (κ1) is 15.5. The highest BCUT2D eigenvalue weighted by Crippen LogP contribution is 2.20. The Morgan fingerprint density at radius 3 is 2.55 bits per heavy atom. The van der Waals surface area contributed by atoms with Crippen LogP contribution < -0.4 is 0 Å². The van der Waals surface area contributed by atoms with Gasteiger partial charge in [-0.3, -0.25) is 9.59 Å². The van der Waals surface area contributed by atoms with Crippen LogP contribution >= 0.6 is 0 Å². The maximum absolute atomic E-state index is 11.6. The Morgan fingerprint density at radius 2 is 2.00 bits per heavy atom. The van der Waals surface area contributed by atoms with Crippen molar-refractivity contribution < 1.29 is 29.0 Å². The van der Waals surface area contributed by atoms with Gasteiger partial charge in [-0.15, -0.1) is 5.11 Å². The van der Waals surface area contributed by atoms with Crippen molar-refractivity contribution in [2.45, 2.75) is 18.9 Å². The van der Waals surface area contributed by atoms with Crippen molar-refractivity contribution in [2.75, 3.05) is 14.2 Å². The first-order valence-corrected chi connectivity index (χ1v) is 5.65. The van der Waals surface area contributed by atoms with Gasteiger partial charge in [-0.05, 0) is 18.4 Å². The maximum Gasteiger partial charge on any atom is 0.379 e. The molecule has 1 saturated carbocycles. The number of Topliss-reactive ketones (excluding diaryl/α,β-unsaturated/α-hetero) is 2. The van der Waals surface area contributed by atoms with Crippen molar-refractivity contribution >= 4 is 17.5 Å². The molecule has 8 nitrogen and oxygen atoms in total. The Kier molecular flexibility index (Phi) is 5.13. The molecule has 20 heavy (non-hydrogen) atoms. The summed E-state index contributed by atoms with van der Waals surface area (Å²) in [6, 6.07) is -0.969. The summed E-state index contributed by atoms with van der Waals surface area (Å²) in [6.45, 7) is 3.48. The molecular weight excluding hydrogens is 268 g/mol. The summed E-state index contributed by atoms with van der Waals surface area (Å²) in [5, 5.41) is 16.5. The molecule has 0 radical (unpaired) electrons. The second-order valence-corrected chi connectivity index (χ2v) is 3.92. The average Bonchev–Trinajstić information content (AvgIpc) is 2.46. The molecule has 1 atom stereocenters. The van der Waals surface area contributed by atoms with E-state index >= 15 is 0 Å². The highest BCUT2D eigenvalue weighted by Gasteiger charge is 2.32. The summed E-state index contributed by atoms with van der Waals surface area (Å²) < 4.78 is 8.94. The predicted molar refractivity (Wildman–Crippen MR) is 65.7 cm³/mol. The van der Waals surface area contributed by atoms with E-state index in [1.165, 1.54) is 0 Å². The van der Waals surface area contributed by atoms with Crippen LogP contribution in [0.15, 0.2) is 34.0 Å². The Balaban J connectivity index is 2.91. The van der Waals surface area contributed by atoms with Crippen LogP contribution in [0.5, 0.6) is 0 Å². The molecule has 1 unspecified atom stereocenters. The number of esters is 1. The number of rotatable bonds is 4. The lowest BCUT2D eigenvalue weighted by Crippen LogP contribution is -2.32. The van der Waals surface area contributed by atoms with Crippen molar-refractivity contribution in [3.8, 4) is 0 Å². The van der Waals surface area contributed by atoms with E-state index < -0.39 is 35.2 Å². The van der Waals surface area contributed by atoms with Gasteiger partial charge in [0, 0.05) is 0 Å². The van der Waals surface area contributed by atoms with Gasteiger partial charge < -0.3 is 14.6 Å². The fourth-order valence-electron chi connectivity index (χ4n) is 1.48. The van der Waals surface area contributed by atoms with Crippen LogP contribution in [-0.2, 0) is 23.9 Å². The second kappa shape index (κ2) is 6.60. The number of carbonyl (C=O) groups excluding carboxylic acids is 3. The van der Waals surface area contributed by atoms with Crippen LogP contribution in [0.2, 0.25) is 0 Å². The van der Waals surface area contributed by atoms with E-state index in [1.807, 2.05) is 0 Å². The number of methoxy groups -OCH3 is 2. The third kappa shape index (κ3) is 3.28. The normalized spacial score (nSPS) is 20.9. The number of carbonyl (C=O) groups is 3. The zero-order chi connectivity index (χ0) is 15.3. The van der Waals surface area contributed by atoms with Crippen LogP contribution in [0.25, 0.3) is 0 Å². The van der Waals surface area contributed by atoms with E-state index in [0.29, 0.717) is 6.42 Å². The third-order valence-corrected chi connectivity index (χ3v) is 2.63. The van der Waals surface area contributed by atoms with Crippen LogP contribution in [0, 0.1) is 0 Å². The quantitative estimate of drug-likeness (QED) is 0.268. The number of azo groups is 1. The highest BCUT2D eigenvalue weighted by molar-refractivity contribution is 6.45. The first-order valence-electron chi connectivity index (χ1n) is 5.65. The molecule has 0 heterocycles. The summed E-state index contributed by atoms with van der Waals surface area (Å²) in [6.07, 6.45) is 0.617. The van der Waals surface area contributed by atoms with Crippen molar-refractivity contribution in [3.63, 3.8) is 0 Å². The van der Waals surface area contributed by atoms with Crippen molar-refractivity contribution in [3.05, 3.63) is 23.8 Å². The standard InChI is InChI=1S/C12H14N2O6/c1-6-4-5-7(9(16)8(6)15)13-14-11(19-2)10(17)12(18)20-3/h7,17H,1,4-5H2,2-3H3. The molecule has 1 N–H and O–H groups in total. The van der Waals surface area contributed by atoms with E-state index in [0.717, 1.165) is 14.2 Å². The van der Waals surface area contributed by atoms with E-state index in [4.69, 9.17) is 0 Å². The highest BCUT2D eigenvalue weighted by atomic mass is 16.5. The maximum atomic E-state index is 11.6. The number of hydrogen-bond donors (Lipinski definition) is 1. The fourth-order valence-corrected chi connectivity index (χ4v) is 1.48. The second-order valence-electron chi connectivity index (χ2n) is 3.92. The molecule has 0 bridgehead atoms. The summed E-state index contributed by atoms with van der Waals surface area (Å²) in [4.78, 5) is 34.1. The van der Waals surface area contributed by atoms with Gasteiger partial charge in [0.2, 0.25) is 11.6 Å². The van der Waals surface area contributed by atoms with Gasteiger partial charge in [0.1, 0.15) is 6.04 Å². The van der Waals surface area contributed by atoms with Gasteiger partial charge in [0.25, 0.3) is 11.6 Å². The molecule has 0 aromatic rings. The molecular formula is C12H14N2O6. The van der Waals surface area contributed by atoms with Crippen molar-refractivity contribution in [1.29, 1.82) is 0 Å². The number of ether oxygens (including phenoxy) is 2. The molecule has 1 aliphatic carbocycles. The summed E-state index contributed by atoms with van der Waals surface area (Å²) in [5.74, 6) is -3.84. The van der Waals surface area contributed by atoms with Gasteiger partial charge in [-0.25, -0.2) is 4.79 Å². The van der Waals surface area contributed by atoms with Crippen molar-refractivity contribution in [2.24, 2.45) is 10.2 Å². The van der Waals surface area contributed by atoms with Crippen LogP contribution in [0.1, 0.15) is 12.8 Å². The monoisotopic (exact) mass is 282 g/mol. The number of ketones is 2. The molecule has 1 aliphatic rings. The summed E-state index contributed by atoms with van der Waals surface area (Å²) in [5.41, 5.74) is 0.237. The topological polar surface area (TPSA) is 115 Å². The van der Waals surface area contributed by atoms with Gasteiger partial charge in [0.15, 0.2) is 0 Å². The van der Waals surface area contributed by atoms with E-state index in [-0.39, 0.29) is 12.0 Å². The molecule has 1 rings (SSSR count). The first-order chi connectivity index (χ1) is 9.42. The minimum absolute atomic E-state index is 0.237. The largest absolute Gasteiger partial charge is 0.498 e. The Morgan fingerprint density at radius 1 is 1.35 bits per heavy atom. The van der Waals surface area contributed by atoms with Gasteiger partial charge >= 0.3 is 5.97 Å². The lowest BCUT2D eigenvalue weighted by atomic mass is 9.90. The SMILES string of the molecule is C=C1CCC(N=NC(OC)=C(O)C(=O)OC)C(=O)C1=O. The molecule has 0 saturated heterocycles. The van der Waals surface area contributed by atoms with Crippen LogP contribution in [-0.4, -0.2) is 42.9 Å². The number of aliphatic hydroxyl groups excluding tert-OH is 1. The lowest BCUT2D eigenvalue weighted by molar-refractivity contribution is -0.139. The van der Waals surface area contributed by atoms with Gasteiger partial charge in [-0.2, -0.15) is 5.11 Å². The molecule has 0 aliphatic heterocycles. The van der Waals surface area contributed by atoms with E-state index in [1.54, 1.807) is 0 Å². The molecule has 108 valence electrons. The van der Waals surface area contributed by atoms with E-state index in [2.05, 4.69) is 26.3 Å². The molecule has 0 aromatic heterocycles. The van der Waals surface area contributed by atoms with Gasteiger partial charge in [-0.1, -0.05) is 6.58 Å². The Bertz CT molecular complexity index is 520. The number of allylic oxidation sites excluding steroid dienone is 1. The predicted octanol–water partition coefficient (Wildman–Crippen LogP) is 0.842. The third-order valence-electron chi connectivity index (χ3n) is 2.63. The summed E-state index contributed by atoms with van der Waals surface area (Å²) in [7, 11) is 2.22. The zero-order valence-electron chi connectivity index (χ0n) is 11.1. The number of aliphatic hydroxyl groups is 1. The van der Waals surface area contributed by atoms with Crippen molar-refractivity contribution in [1.82, 2.24) is 0 Å². The summed E-state index contributed by atoms with van der Waals surface area (Å²) >= 11 is 0. The lowest BCUT2D eigenvalue weighted by Gasteiger charge is -2.16. The van der Waals surface area contributed by atoms with E-state index in [9.17, 15) is 19.5 Å². The van der Waals surface area contributed by atoms with Crippen LogP contribution in [0.3, 0.4) is 0 Å². The number of hydrogen-bond acceptors (Lipinski definition) is 8. The molecule has 1 fully saturated rings. The minimum Gasteiger partial charge on any atom is -0.498 e. The smallest absolute Gasteiger partial charge is 0.379 e. The van der Waals surface area contributed by atoms with Gasteiger partial charge in [0.05, 0.1) is 14.2 Å². The Hall–Kier alpha value is -2.51. The minimum atomic E-state index is -1.06. The molecule has 0 amide bonds. The molecule has 0 aromatic carbocycles. The fraction of sp³-hybridized carbons (Fsp3) is 0.417. The molecule has 8 heteroatoms.